The van der Waals surface area contributed by atoms with Crippen LogP contribution in [0.25, 0.3) is 0 Å². The van der Waals surface area contributed by atoms with Gasteiger partial charge in [0.2, 0.25) is 15.9 Å². The van der Waals surface area contributed by atoms with Crippen molar-refractivity contribution in [2.45, 2.75) is 23.6 Å². The molecule has 0 aliphatic rings. The minimum absolute atomic E-state index is 0.131. The van der Waals surface area contributed by atoms with Crippen LogP contribution in [0, 0.1) is 13.8 Å². The van der Waals surface area contributed by atoms with Crippen LogP contribution in [0.15, 0.2) is 52.3 Å². The van der Waals surface area contributed by atoms with E-state index in [-0.39, 0.29) is 16.3 Å². The number of amides is 1. The molecule has 0 fully saturated rings. The Morgan fingerprint density at radius 1 is 0.857 bits per heavy atom. The van der Waals surface area contributed by atoms with Crippen LogP contribution in [0.2, 0.25) is 0 Å². The molecule has 0 bridgehead atoms. The average molecular weight is 425 g/mol. The second kappa shape index (κ2) is 8.02. The number of aryl methyl sites for hydroxylation is 2. The lowest BCUT2D eigenvalue weighted by Crippen LogP contribution is -2.39. The Hall–Kier alpha value is -2.23. The maximum atomic E-state index is 12.7. The van der Waals surface area contributed by atoms with E-state index in [9.17, 15) is 21.6 Å². The summed E-state index contributed by atoms with van der Waals surface area (Å²) in [5, 5.41) is 0. The molecule has 2 aromatic rings. The summed E-state index contributed by atoms with van der Waals surface area (Å²) in [6.45, 7) is 3.37. The van der Waals surface area contributed by atoms with Crippen LogP contribution >= 0.6 is 0 Å². The Morgan fingerprint density at radius 2 is 1.39 bits per heavy atom. The highest BCUT2D eigenvalue weighted by atomic mass is 32.2. The third kappa shape index (κ3) is 4.78. The molecule has 0 radical (unpaired) electrons. The molecule has 0 spiro atoms. The van der Waals surface area contributed by atoms with Crippen molar-refractivity contribution in [3.05, 3.63) is 53.6 Å². The molecule has 0 atom stereocenters. The van der Waals surface area contributed by atoms with Gasteiger partial charge in [-0.2, -0.15) is 4.31 Å². The number of rotatable bonds is 6. The summed E-state index contributed by atoms with van der Waals surface area (Å²) in [5.74, 6) is -0.443. The van der Waals surface area contributed by atoms with Crippen molar-refractivity contribution in [1.82, 2.24) is 4.31 Å². The molecular formula is C19H24N2O5S2. The zero-order valence-electron chi connectivity index (χ0n) is 16.5. The van der Waals surface area contributed by atoms with Gasteiger partial charge in [0.05, 0.1) is 16.3 Å². The molecule has 0 heterocycles. The van der Waals surface area contributed by atoms with Gasteiger partial charge in [-0.1, -0.05) is 6.07 Å². The van der Waals surface area contributed by atoms with Gasteiger partial charge >= 0.3 is 0 Å². The molecule has 1 amide bonds. The number of sulfonamides is 1. The van der Waals surface area contributed by atoms with E-state index in [1.807, 2.05) is 13.8 Å². The number of carbonyl (C=O) groups is 1. The first kappa shape index (κ1) is 22.1. The summed E-state index contributed by atoms with van der Waals surface area (Å²) in [7, 11) is -4.28. The Morgan fingerprint density at radius 3 is 1.89 bits per heavy atom. The highest BCUT2D eigenvalue weighted by Crippen LogP contribution is 2.20. The molecule has 9 heteroatoms. The van der Waals surface area contributed by atoms with Gasteiger partial charge in [0.15, 0.2) is 9.84 Å². The SMILES string of the molecule is Cc1ccc(S(=O)(=O)N(C)CC(=O)N(C)c2ccc(S(C)(=O)=O)cc2)cc1C. The summed E-state index contributed by atoms with van der Waals surface area (Å²) in [5.41, 5.74) is 2.30. The third-order valence-electron chi connectivity index (χ3n) is 4.57. The third-order valence-corrected chi connectivity index (χ3v) is 7.50. The van der Waals surface area contributed by atoms with Crippen LogP contribution in [0.4, 0.5) is 5.69 Å². The fourth-order valence-corrected chi connectivity index (χ4v) is 4.33. The van der Waals surface area contributed by atoms with E-state index in [4.69, 9.17) is 0 Å². The van der Waals surface area contributed by atoms with Gasteiger partial charge in [-0.05, 0) is 61.4 Å². The number of sulfone groups is 1. The molecule has 7 nitrogen and oxygen atoms in total. The van der Waals surface area contributed by atoms with Crippen LogP contribution < -0.4 is 4.90 Å². The number of nitrogens with zero attached hydrogens (tertiary/aromatic N) is 2. The average Bonchev–Trinajstić information content (AvgIpc) is 2.62. The monoisotopic (exact) mass is 424 g/mol. The second-order valence-electron chi connectivity index (χ2n) is 6.73. The van der Waals surface area contributed by atoms with Gasteiger partial charge in [-0.3, -0.25) is 4.79 Å². The predicted octanol–water partition coefficient (Wildman–Crippen LogP) is 1.99. The standard InChI is InChI=1S/C19H24N2O5S2/c1-14-6-9-18(12-15(14)2)28(25,26)20(3)13-19(22)21(4)16-7-10-17(11-8-16)27(5,23)24/h6-12H,13H2,1-5H3. The van der Waals surface area contributed by atoms with Crippen molar-refractivity contribution in [2.24, 2.45) is 0 Å². The smallest absolute Gasteiger partial charge is 0.243 e. The molecule has 0 unspecified atom stereocenters. The first-order valence-corrected chi connectivity index (χ1v) is 11.8. The highest BCUT2D eigenvalue weighted by Gasteiger charge is 2.25. The molecular weight excluding hydrogens is 400 g/mol. The molecule has 152 valence electrons. The Labute approximate surface area is 166 Å². The van der Waals surface area contributed by atoms with Gasteiger partial charge in [0, 0.05) is 26.0 Å². The molecule has 0 N–H and O–H groups in total. The Bertz CT molecular complexity index is 1090. The van der Waals surface area contributed by atoms with Crippen molar-refractivity contribution in [1.29, 1.82) is 0 Å². The summed E-state index contributed by atoms with van der Waals surface area (Å²) >= 11 is 0. The van der Waals surface area contributed by atoms with Crippen molar-refractivity contribution in [2.75, 3.05) is 31.8 Å². The minimum atomic E-state index is -3.81. The van der Waals surface area contributed by atoms with Crippen LogP contribution in [-0.4, -0.2) is 53.9 Å². The van der Waals surface area contributed by atoms with E-state index in [0.717, 1.165) is 21.7 Å². The lowest BCUT2D eigenvalue weighted by atomic mass is 10.1. The van der Waals surface area contributed by atoms with Crippen LogP contribution in [0.1, 0.15) is 11.1 Å². The van der Waals surface area contributed by atoms with E-state index in [1.165, 1.54) is 49.3 Å². The van der Waals surface area contributed by atoms with Crippen LogP contribution in [0.3, 0.4) is 0 Å². The van der Waals surface area contributed by atoms with E-state index >= 15 is 0 Å². The van der Waals surface area contributed by atoms with Crippen molar-refractivity contribution < 1.29 is 21.6 Å². The Kier molecular flexibility index (Phi) is 6.32. The number of benzene rings is 2. The number of anilines is 1. The molecule has 0 aliphatic carbocycles. The van der Waals surface area contributed by atoms with E-state index < -0.39 is 25.8 Å². The fraction of sp³-hybridized carbons (Fsp3) is 0.316. The zero-order valence-corrected chi connectivity index (χ0v) is 18.1. The highest BCUT2D eigenvalue weighted by molar-refractivity contribution is 7.90. The van der Waals surface area contributed by atoms with Crippen molar-refractivity contribution >= 4 is 31.5 Å². The molecule has 0 aromatic heterocycles. The van der Waals surface area contributed by atoms with E-state index in [2.05, 4.69) is 0 Å². The first-order valence-electron chi connectivity index (χ1n) is 8.44. The van der Waals surface area contributed by atoms with Gasteiger partial charge < -0.3 is 4.90 Å². The number of likely N-dealkylation sites (N-methyl/N-ethyl adjacent to an activating group) is 2. The quantitative estimate of drug-likeness (QED) is 0.707. The lowest BCUT2D eigenvalue weighted by Gasteiger charge is -2.22. The topological polar surface area (TPSA) is 91.8 Å². The van der Waals surface area contributed by atoms with E-state index in [0.29, 0.717) is 5.69 Å². The molecule has 28 heavy (non-hydrogen) atoms. The summed E-state index contributed by atoms with van der Waals surface area (Å²) < 4.78 is 49.5. The van der Waals surface area contributed by atoms with Crippen LogP contribution in [-0.2, 0) is 24.7 Å². The minimum Gasteiger partial charge on any atom is -0.314 e. The maximum absolute atomic E-state index is 12.7. The van der Waals surface area contributed by atoms with Gasteiger partial charge in [0.25, 0.3) is 0 Å². The molecule has 0 saturated carbocycles. The lowest BCUT2D eigenvalue weighted by molar-refractivity contribution is -0.118. The van der Waals surface area contributed by atoms with Gasteiger partial charge in [-0.25, -0.2) is 16.8 Å². The van der Waals surface area contributed by atoms with E-state index in [1.54, 1.807) is 12.1 Å². The largest absolute Gasteiger partial charge is 0.314 e. The summed E-state index contributed by atoms with van der Waals surface area (Å²) in [6.07, 6.45) is 1.10. The van der Waals surface area contributed by atoms with Crippen molar-refractivity contribution in [3.63, 3.8) is 0 Å². The summed E-state index contributed by atoms with van der Waals surface area (Å²) in [6, 6.07) is 10.7. The van der Waals surface area contributed by atoms with Crippen molar-refractivity contribution in [3.8, 4) is 0 Å². The molecule has 2 aromatic carbocycles. The fourth-order valence-electron chi connectivity index (χ4n) is 2.50. The second-order valence-corrected chi connectivity index (χ2v) is 10.8. The summed E-state index contributed by atoms with van der Waals surface area (Å²) in [4.78, 5) is 14.1. The molecule has 0 aliphatic heterocycles. The zero-order chi connectivity index (χ0) is 21.3. The normalized spacial score (nSPS) is 12.2. The predicted molar refractivity (Wildman–Crippen MR) is 109 cm³/mol. The van der Waals surface area contributed by atoms with Gasteiger partial charge in [-0.15, -0.1) is 0 Å². The van der Waals surface area contributed by atoms with Crippen LogP contribution in [0.5, 0.6) is 0 Å². The molecule has 2 rings (SSSR count). The van der Waals surface area contributed by atoms with Gasteiger partial charge in [0.1, 0.15) is 0 Å². The number of hydrogen-bond acceptors (Lipinski definition) is 5. The first-order chi connectivity index (χ1) is 12.8. The Balaban J connectivity index is 2.17. The molecule has 0 saturated heterocycles. The maximum Gasteiger partial charge on any atom is 0.243 e. The number of carbonyl (C=O) groups excluding carboxylic acids is 1. The number of hydrogen-bond donors (Lipinski definition) is 0.